The topological polar surface area (TPSA) is 3.24 Å². The van der Waals surface area contributed by atoms with Crippen LogP contribution < -0.4 is 0 Å². The Hall–Kier alpha value is -0.0400. The van der Waals surface area contributed by atoms with E-state index in [4.69, 9.17) is 0 Å². The van der Waals surface area contributed by atoms with Crippen LogP contribution in [0.3, 0.4) is 0 Å². The third kappa shape index (κ3) is 2.48. The van der Waals surface area contributed by atoms with E-state index in [1.807, 2.05) is 0 Å². The van der Waals surface area contributed by atoms with E-state index >= 15 is 0 Å². The second-order valence-electron chi connectivity index (χ2n) is 4.08. The van der Waals surface area contributed by atoms with Crippen LogP contribution in [0.15, 0.2) is 0 Å². The summed E-state index contributed by atoms with van der Waals surface area (Å²) in [5.41, 5.74) is 0. The molecule has 0 amide bonds. The van der Waals surface area contributed by atoms with Crippen LogP contribution in [-0.4, -0.2) is 24.5 Å². The molecular weight excluding hydrogens is 134 g/mol. The predicted molar refractivity (Wildman–Crippen MR) is 49.7 cm³/mol. The van der Waals surface area contributed by atoms with Gasteiger partial charge in [-0.3, -0.25) is 0 Å². The second kappa shape index (κ2) is 4.10. The summed E-state index contributed by atoms with van der Waals surface area (Å²) in [6, 6.07) is 0.893. The fourth-order valence-corrected chi connectivity index (χ4v) is 2.14. The zero-order valence-corrected chi connectivity index (χ0v) is 8.14. The molecule has 1 fully saturated rings. The summed E-state index contributed by atoms with van der Waals surface area (Å²) >= 11 is 0. The maximum Gasteiger partial charge on any atom is 0.00953 e. The zero-order chi connectivity index (χ0) is 8.27. The van der Waals surface area contributed by atoms with Crippen molar-refractivity contribution in [3.63, 3.8) is 0 Å². The lowest BCUT2D eigenvalue weighted by atomic mass is 10.0. The van der Waals surface area contributed by atoms with Crippen molar-refractivity contribution >= 4 is 0 Å². The molecule has 0 N–H and O–H groups in total. The molecule has 1 saturated heterocycles. The lowest BCUT2D eigenvalue weighted by Gasteiger charge is -2.18. The van der Waals surface area contributed by atoms with Crippen LogP contribution in [0.5, 0.6) is 0 Å². The summed E-state index contributed by atoms with van der Waals surface area (Å²) in [7, 11) is 2.27. The number of unbranched alkanes of at least 4 members (excludes halogenated alkanes) is 1. The quantitative estimate of drug-likeness (QED) is 0.605. The van der Waals surface area contributed by atoms with Gasteiger partial charge in [0.15, 0.2) is 0 Å². The highest BCUT2D eigenvalue weighted by molar-refractivity contribution is 4.80. The maximum absolute atomic E-state index is 2.53. The van der Waals surface area contributed by atoms with E-state index < -0.39 is 0 Å². The highest BCUT2D eigenvalue weighted by atomic mass is 15.1. The second-order valence-corrected chi connectivity index (χ2v) is 4.08. The predicted octanol–water partition coefficient (Wildman–Crippen LogP) is 2.52. The number of rotatable bonds is 3. The van der Waals surface area contributed by atoms with Crippen molar-refractivity contribution in [3.8, 4) is 0 Å². The third-order valence-corrected chi connectivity index (χ3v) is 2.79. The molecule has 0 aromatic heterocycles. The first-order valence-electron chi connectivity index (χ1n) is 4.94. The monoisotopic (exact) mass is 155 g/mol. The van der Waals surface area contributed by atoms with Gasteiger partial charge in [-0.25, -0.2) is 0 Å². The molecular formula is C10H21N. The molecule has 0 aromatic rings. The Kier molecular flexibility index (Phi) is 3.38. The summed E-state index contributed by atoms with van der Waals surface area (Å²) < 4.78 is 0. The third-order valence-electron chi connectivity index (χ3n) is 2.79. The normalized spacial score (nSPS) is 33.0. The van der Waals surface area contributed by atoms with Crippen LogP contribution in [-0.2, 0) is 0 Å². The van der Waals surface area contributed by atoms with Gasteiger partial charge in [-0.05, 0) is 25.8 Å². The molecule has 0 saturated carbocycles. The zero-order valence-electron chi connectivity index (χ0n) is 8.14. The summed E-state index contributed by atoms with van der Waals surface area (Å²) in [4.78, 5) is 2.53. The van der Waals surface area contributed by atoms with Gasteiger partial charge >= 0.3 is 0 Å². The summed E-state index contributed by atoms with van der Waals surface area (Å²) in [6.45, 7) is 5.95. The van der Waals surface area contributed by atoms with Gasteiger partial charge in [-0.15, -0.1) is 0 Å². The average Bonchev–Trinajstić information content (AvgIpc) is 2.26. The SMILES string of the molecule is CCCCC1CC(C)CN1C. The van der Waals surface area contributed by atoms with E-state index in [9.17, 15) is 0 Å². The molecule has 0 aromatic carbocycles. The van der Waals surface area contributed by atoms with Crippen LogP contribution in [0.25, 0.3) is 0 Å². The number of hydrogen-bond acceptors (Lipinski definition) is 1. The minimum absolute atomic E-state index is 0.893. The smallest absolute Gasteiger partial charge is 0.00953 e. The summed E-state index contributed by atoms with van der Waals surface area (Å²) in [6.07, 6.45) is 5.59. The molecule has 0 bridgehead atoms. The largest absolute Gasteiger partial charge is 0.303 e. The molecule has 1 rings (SSSR count). The van der Waals surface area contributed by atoms with Crippen molar-refractivity contribution < 1.29 is 0 Å². The van der Waals surface area contributed by atoms with Gasteiger partial charge in [0.1, 0.15) is 0 Å². The van der Waals surface area contributed by atoms with E-state index in [2.05, 4.69) is 25.8 Å². The van der Waals surface area contributed by atoms with Gasteiger partial charge in [-0.1, -0.05) is 26.7 Å². The van der Waals surface area contributed by atoms with Crippen LogP contribution >= 0.6 is 0 Å². The fourth-order valence-electron chi connectivity index (χ4n) is 2.14. The van der Waals surface area contributed by atoms with Crippen LogP contribution in [0.1, 0.15) is 39.5 Å². The van der Waals surface area contributed by atoms with E-state index in [-0.39, 0.29) is 0 Å². The minimum atomic E-state index is 0.893. The van der Waals surface area contributed by atoms with Crippen molar-refractivity contribution in [1.29, 1.82) is 0 Å². The minimum Gasteiger partial charge on any atom is -0.303 e. The van der Waals surface area contributed by atoms with E-state index in [1.165, 1.54) is 32.2 Å². The molecule has 1 aliphatic heterocycles. The number of nitrogens with zero attached hydrogens (tertiary/aromatic N) is 1. The first-order chi connectivity index (χ1) is 5.24. The Labute approximate surface area is 70.8 Å². The maximum atomic E-state index is 2.53. The van der Waals surface area contributed by atoms with Gasteiger partial charge in [0.05, 0.1) is 0 Å². The van der Waals surface area contributed by atoms with Crippen molar-refractivity contribution in [1.82, 2.24) is 4.90 Å². The molecule has 1 nitrogen and oxygen atoms in total. The first kappa shape index (κ1) is 9.05. The molecule has 0 aliphatic carbocycles. The lowest BCUT2D eigenvalue weighted by molar-refractivity contribution is 0.290. The Morgan fingerprint density at radius 1 is 1.45 bits per heavy atom. The van der Waals surface area contributed by atoms with E-state index in [1.54, 1.807) is 0 Å². The van der Waals surface area contributed by atoms with Crippen molar-refractivity contribution in [2.75, 3.05) is 13.6 Å². The Morgan fingerprint density at radius 3 is 2.64 bits per heavy atom. The van der Waals surface area contributed by atoms with Gasteiger partial charge in [0.2, 0.25) is 0 Å². The molecule has 2 atom stereocenters. The molecule has 0 radical (unpaired) electrons. The summed E-state index contributed by atoms with van der Waals surface area (Å²) in [5, 5.41) is 0. The lowest BCUT2D eigenvalue weighted by Crippen LogP contribution is -2.24. The Bertz CT molecular complexity index is 111. The highest BCUT2D eigenvalue weighted by Crippen LogP contribution is 2.24. The van der Waals surface area contributed by atoms with Gasteiger partial charge in [0, 0.05) is 12.6 Å². The molecule has 66 valence electrons. The summed E-state index contributed by atoms with van der Waals surface area (Å²) in [5.74, 6) is 0.932. The standard InChI is InChI=1S/C10H21N/c1-4-5-6-10-7-9(2)8-11(10)3/h9-10H,4-8H2,1-3H3. The molecule has 0 spiro atoms. The van der Waals surface area contributed by atoms with Crippen molar-refractivity contribution in [2.24, 2.45) is 5.92 Å². The van der Waals surface area contributed by atoms with Gasteiger partial charge in [0.25, 0.3) is 0 Å². The van der Waals surface area contributed by atoms with Gasteiger partial charge < -0.3 is 4.90 Å². The number of likely N-dealkylation sites (tertiary alicyclic amines) is 1. The van der Waals surface area contributed by atoms with E-state index in [0.29, 0.717) is 0 Å². The van der Waals surface area contributed by atoms with Crippen LogP contribution in [0.2, 0.25) is 0 Å². The first-order valence-corrected chi connectivity index (χ1v) is 4.94. The highest BCUT2D eigenvalue weighted by Gasteiger charge is 2.25. The number of hydrogen-bond donors (Lipinski definition) is 0. The van der Waals surface area contributed by atoms with Gasteiger partial charge in [-0.2, -0.15) is 0 Å². The molecule has 2 unspecified atom stereocenters. The van der Waals surface area contributed by atoms with Crippen molar-refractivity contribution in [3.05, 3.63) is 0 Å². The Balaban J connectivity index is 2.23. The van der Waals surface area contributed by atoms with Crippen LogP contribution in [0.4, 0.5) is 0 Å². The molecule has 1 heteroatoms. The Morgan fingerprint density at radius 2 is 2.18 bits per heavy atom. The molecule has 1 aliphatic rings. The molecule has 1 heterocycles. The average molecular weight is 155 g/mol. The van der Waals surface area contributed by atoms with E-state index in [0.717, 1.165) is 12.0 Å². The fraction of sp³-hybridized carbons (Fsp3) is 1.00. The van der Waals surface area contributed by atoms with Crippen LogP contribution in [0, 0.1) is 5.92 Å². The molecule has 11 heavy (non-hydrogen) atoms. The van der Waals surface area contributed by atoms with Crippen molar-refractivity contribution in [2.45, 2.75) is 45.6 Å².